The van der Waals surface area contributed by atoms with Gasteiger partial charge in [0.05, 0.1) is 17.3 Å². The van der Waals surface area contributed by atoms with Crippen molar-refractivity contribution in [2.24, 2.45) is 0 Å². The van der Waals surface area contributed by atoms with Crippen LogP contribution in [0.2, 0.25) is 0 Å². The molecule has 0 saturated carbocycles. The van der Waals surface area contributed by atoms with Crippen molar-refractivity contribution in [2.45, 2.75) is 6.61 Å². The summed E-state index contributed by atoms with van der Waals surface area (Å²) < 4.78 is 5.75. The maximum absolute atomic E-state index is 8.50. The van der Waals surface area contributed by atoms with E-state index < -0.39 is 0 Å². The number of nitrogens with zero attached hydrogens (tertiary/aromatic N) is 2. The van der Waals surface area contributed by atoms with Crippen LogP contribution in [0.5, 0.6) is 5.75 Å². The van der Waals surface area contributed by atoms with E-state index in [1.54, 1.807) is 6.08 Å². The Morgan fingerprint density at radius 3 is 2.64 bits per heavy atom. The van der Waals surface area contributed by atoms with Crippen molar-refractivity contribution in [1.82, 2.24) is 4.98 Å². The molecule has 0 saturated heterocycles. The summed E-state index contributed by atoms with van der Waals surface area (Å²) in [4.78, 5) is 4.58. The van der Waals surface area contributed by atoms with Crippen LogP contribution >= 0.6 is 0 Å². The highest BCUT2D eigenvalue weighted by molar-refractivity contribution is 5.78. The monoisotopic (exact) mass is 286 g/mol. The molecule has 0 radical (unpaired) electrons. The molecular formula is C19H14N2O. The van der Waals surface area contributed by atoms with Gasteiger partial charge in [-0.05, 0) is 35.9 Å². The first kappa shape index (κ1) is 13.8. The summed E-state index contributed by atoms with van der Waals surface area (Å²) >= 11 is 0. The average Bonchev–Trinajstić information content (AvgIpc) is 2.59. The van der Waals surface area contributed by atoms with Crippen molar-refractivity contribution in [3.8, 4) is 11.8 Å². The Balaban J connectivity index is 1.68. The fraction of sp³-hybridized carbons (Fsp3) is 0.0526. The maximum Gasteiger partial charge on any atom is 0.130 e. The predicted molar refractivity (Wildman–Crippen MR) is 87.2 cm³/mol. The lowest BCUT2D eigenvalue weighted by atomic mass is 10.2. The third-order valence-corrected chi connectivity index (χ3v) is 3.27. The molecule has 0 aliphatic heterocycles. The number of nitriles is 1. The van der Waals surface area contributed by atoms with Gasteiger partial charge in [0, 0.05) is 11.5 Å². The molecule has 1 heterocycles. The van der Waals surface area contributed by atoms with Gasteiger partial charge in [0.2, 0.25) is 0 Å². The first-order valence-electron chi connectivity index (χ1n) is 6.99. The second kappa shape index (κ2) is 6.55. The summed E-state index contributed by atoms with van der Waals surface area (Å²) in [6, 6.07) is 21.6. The highest BCUT2D eigenvalue weighted by atomic mass is 16.5. The molecule has 3 nitrogen and oxygen atoms in total. The summed E-state index contributed by atoms with van der Waals surface area (Å²) in [7, 11) is 0. The fourth-order valence-electron chi connectivity index (χ4n) is 2.15. The van der Waals surface area contributed by atoms with Gasteiger partial charge in [-0.15, -0.1) is 0 Å². The van der Waals surface area contributed by atoms with Gasteiger partial charge < -0.3 is 4.74 Å². The standard InChI is InChI=1S/C19H14N2O/c20-13-3-4-15-7-11-18(12-8-15)22-14-17-10-9-16-5-1-2-6-19(16)21-17/h1-12H,14H2. The lowest BCUT2D eigenvalue weighted by molar-refractivity contribution is 0.302. The number of para-hydroxylation sites is 1. The number of allylic oxidation sites excluding steroid dienone is 1. The third kappa shape index (κ3) is 3.31. The Kier molecular flexibility index (Phi) is 4.12. The zero-order valence-corrected chi connectivity index (χ0v) is 11.9. The summed E-state index contributed by atoms with van der Waals surface area (Å²) in [5.74, 6) is 0.782. The Labute approximate surface area is 129 Å². The summed E-state index contributed by atoms with van der Waals surface area (Å²) in [6.45, 7) is 0.429. The van der Waals surface area contributed by atoms with Crippen LogP contribution in [0.15, 0.2) is 66.7 Å². The van der Waals surface area contributed by atoms with Crippen molar-refractivity contribution in [3.05, 3.63) is 78.0 Å². The molecule has 3 aromatic rings. The summed E-state index contributed by atoms with van der Waals surface area (Å²) in [5, 5.41) is 9.62. The van der Waals surface area contributed by atoms with Crippen LogP contribution in [0.25, 0.3) is 17.0 Å². The minimum absolute atomic E-state index is 0.429. The van der Waals surface area contributed by atoms with Crippen LogP contribution in [0.3, 0.4) is 0 Å². The minimum atomic E-state index is 0.429. The van der Waals surface area contributed by atoms with Crippen molar-refractivity contribution in [3.63, 3.8) is 0 Å². The molecule has 3 heteroatoms. The molecule has 0 aliphatic carbocycles. The molecule has 0 atom stereocenters. The maximum atomic E-state index is 8.50. The van der Waals surface area contributed by atoms with Crippen LogP contribution in [0.1, 0.15) is 11.3 Å². The number of benzene rings is 2. The number of rotatable bonds is 4. The third-order valence-electron chi connectivity index (χ3n) is 3.27. The molecule has 0 aliphatic rings. The van der Waals surface area contributed by atoms with Crippen LogP contribution in [-0.2, 0) is 6.61 Å². The Morgan fingerprint density at radius 2 is 1.82 bits per heavy atom. The van der Waals surface area contributed by atoms with Crippen molar-refractivity contribution >= 4 is 17.0 Å². The summed E-state index contributed by atoms with van der Waals surface area (Å²) in [6.07, 6.45) is 3.21. The van der Waals surface area contributed by atoms with E-state index in [-0.39, 0.29) is 0 Å². The zero-order valence-electron chi connectivity index (χ0n) is 11.9. The van der Waals surface area contributed by atoms with Gasteiger partial charge in [0.25, 0.3) is 0 Å². The number of hydrogen-bond acceptors (Lipinski definition) is 3. The van der Waals surface area contributed by atoms with Crippen LogP contribution in [-0.4, -0.2) is 4.98 Å². The molecule has 0 spiro atoms. The Morgan fingerprint density at radius 1 is 1.00 bits per heavy atom. The number of ether oxygens (including phenoxy) is 1. The predicted octanol–water partition coefficient (Wildman–Crippen LogP) is 4.35. The van der Waals surface area contributed by atoms with Gasteiger partial charge in [-0.2, -0.15) is 5.26 Å². The van der Waals surface area contributed by atoms with Gasteiger partial charge in [-0.3, -0.25) is 0 Å². The molecule has 22 heavy (non-hydrogen) atoms. The second-order valence-corrected chi connectivity index (χ2v) is 4.82. The van der Waals surface area contributed by atoms with Crippen LogP contribution < -0.4 is 4.74 Å². The SMILES string of the molecule is N#CC=Cc1ccc(OCc2ccc3ccccc3n2)cc1. The topological polar surface area (TPSA) is 45.9 Å². The van der Waals surface area contributed by atoms with Crippen LogP contribution in [0.4, 0.5) is 0 Å². The Bertz CT molecular complexity index is 845. The molecule has 2 aromatic carbocycles. The molecule has 0 N–H and O–H groups in total. The number of pyridine rings is 1. The molecule has 106 valence electrons. The quantitative estimate of drug-likeness (QED) is 0.670. The lowest BCUT2D eigenvalue weighted by Gasteiger charge is -2.07. The van der Waals surface area contributed by atoms with Gasteiger partial charge in [-0.1, -0.05) is 36.4 Å². The second-order valence-electron chi connectivity index (χ2n) is 4.82. The smallest absolute Gasteiger partial charge is 0.130 e. The minimum Gasteiger partial charge on any atom is -0.487 e. The summed E-state index contributed by atoms with van der Waals surface area (Å²) in [5.41, 5.74) is 2.84. The number of aromatic nitrogens is 1. The molecular weight excluding hydrogens is 272 g/mol. The molecule has 0 unspecified atom stereocenters. The highest BCUT2D eigenvalue weighted by Gasteiger charge is 2.00. The van der Waals surface area contributed by atoms with Crippen molar-refractivity contribution in [2.75, 3.05) is 0 Å². The first-order chi connectivity index (χ1) is 10.8. The number of fused-ring (bicyclic) bond motifs is 1. The molecule has 0 fully saturated rings. The van der Waals surface area contributed by atoms with E-state index in [2.05, 4.69) is 11.1 Å². The van der Waals surface area contributed by atoms with E-state index in [0.717, 1.165) is 27.9 Å². The average molecular weight is 286 g/mol. The lowest BCUT2D eigenvalue weighted by Crippen LogP contribution is -1.98. The van der Waals surface area contributed by atoms with Gasteiger partial charge >= 0.3 is 0 Å². The van der Waals surface area contributed by atoms with Crippen LogP contribution in [0, 0.1) is 11.3 Å². The fourth-order valence-corrected chi connectivity index (χ4v) is 2.15. The molecule has 0 bridgehead atoms. The largest absolute Gasteiger partial charge is 0.487 e. The van der Waals surface area contributed by atoms with E-state index in [1.165, 1.54) is 6.08 Å². The van der Waals surface area contributed by atoms with Gasteiger partial charge in [-0.25, -0.2) is 4.98 Å². The normalized spacial score (nSPS) is 10.7. The van der Waals surface area contributed by atoms with E-state index >= 15 is 0 Å². The molecule has 3 rings (SSSR count). The highest BCUT2D eigenvalue weighted by Crippen LogP contribution is 2.16. The van der Waals surface area contributed by atoms with Crippen molar-refractivity contribution in [1.29, 1.82) is 5.26 Å². The van der Waals surface area contributed by atoms with Crippen molar-refractivity contribution < 1.29 is 4.74 Å². The zero-order chi connectivity index (χ0) is 15.2. The first-order valence-corrected chi connectivity index (χ1v) is 6.99. The molecule has 1 aromatic heterocycles. The Hall–Kier alpha value is -3.12. The molecule has 0 amide bonds. The van der Waals surface area contributed by atoms with E-state index in [4.69, 9.17) is 10.00 Å². The number of hydrogen-bond donors (Lipinski definition) is 0. The van der Waals surface area contributed by atoms with E-state index in [9.17, 15) is 0 Å². The van der Waals surface area contributed by atoms with Gasteiger partial charge in [0.1, 0.15) is 12.4 Å². The van der Waals surface area contributed by atoms with Gasteiger partial charge in [0.15, 0.2) is 0 Å². The van der Waals surface area contributed by atoms with E-state index in [1.807, 2.05) is 60.7 Å². The van der Waals surface area contributed by atoms with E-state index in [0.29, 0.717) is 6.61 Å².